The molecule has 3 rings (SSSR count). The first-order valence-corrected chi connectivity index (χ1v) is 9.13. The fraction of sp³-hybridized carbons (Fsp3) is 0.381. The maximum Gasteiger partial charge on any atom is 0.262 e. The van der Waals surface area contributed by atoms with Crippen LogP contribution in [-0.2, 0) is 11.2 Å². The van der Waals surface area contributed by atoms with Gasteiger partial charge in [0.1, 0.15) is 17.2 Å². The molecule has 0 unspecified atom stereocenters. The van der Waals surface area contributed by atoms with E-state index in [2.05, 4.69) is 24.5 Å². The van der Waals surface area contributed by atoms with Crippen LogP contribution < -0.4 is 20.1 Å². The van der Waals surface area contributed by atoms with Gasteiger partial charge < -0.3 is 35.8 Å². The molecule has 1 aliphatic heterocycles. The van der Waals surface area contributed by atoms with Crippen LogP contribution in [0, 0.1) is 0 Å². The second kappa shape index (κ2) is 9.13. The Hall–Kier alpha value is -2.81. The van der Waals surface area contributed by atoms with E-state index in [1.54, 1.807) is 7.11 Å². The number of fused-ring (bicyclic) bond motifs is 1. The lowest BCUT2D eigenvalue weighted by molar-refractivity contribution is -0.118. The van der Waals surface area contributed by atoms with Gasteiger partial charge in [-0.1, -0.05) is 12.1 Å². The van der Waals surface area contributed by atoms with E-state index < -0.39 is 6.10 Å². The highest BCUT2D eigenvalue weighted by atomic mass is 16.5. The number of β-amino-alcohol motifs (C(OH)–C–C–N with tert-alkyl or cyclic N) is 1. The van der Waals surface area contributed by atoms with Gasteiger partial charge in [0.05, 0.1) is 18.9 Å². The zero-order valence-electron chi connectivity index (χ0n) is 16.8. The number of rotatable bonds is 7. The van der Waals surface area contributed by atoms with E-state index in [1.807, 2.05) is 24.3 Å². The molecule has 29 heavy (non-hydrogen) atoms. The number of phenolic OH excluding ortho intramolecular Hbond substituents is 1. The minimum Gasteiger partial charge on any atom is -0.508 e. The van der Waals surface area contributed by atoms with Gasteiger partial charge in [0.15, 0.2) is 6.61 Å². The zero-order valence-corrected chi connectivity index (χ0v) is 16.8. The number of nitrogens with one attached hydrogen (secondary N) is 2. The lowest BCUT2D eigenvalue weighted by Gasteiger charge is -2.29. The van der Waals surface area contributed by atoms with Crippen LogP contribution in [0.25, 0.3) is 0 Å². The Morgan fingerprint density at radius 3 is 2.62 bits per heavy atom. The summed E-state index contributed by atoms with van der Waals surface area (Å²) >= 11 is 0. The molecule has 0 fully saturated rings. The third kappa shape index (κ3) is 5.60. The molecule has 1 aliphatic rings. The number of phenols is 1. The van der Waals surface area contributed by atoms with E-state index in [4.69, 9.17) is 9.47 Å². The smallest absolute Gasteiger partial charge is 0.262 e. The van der Waals surface area contributed by atoms with E-state index >= 15 is 0 Å². The number of carbonyl (C=O) groups is 1. The number of aliphatic hydroxyl groups excluding tert-OH is 1. The molecule has 0 aromatic heterocycles. The number of aromatic hydroxyl groups is 1. The summed E-state index contributed by atoms with van der Waals surface area (Å²) in [6.07, 6.45) is -0.153. The van der Waals surface area contributed by atoms with Crippen molar-refractivity contribution in [2.24, 2.45) is 0 Å². The van der Waals surface area contributed by atoms with Gasteiger partial charge in [-0.05, 0) is 44.0 Å². The van der Waals surface area contributed by atoms with Gasteiger partial charge in [-0.15, -0.1) is 0 Å². The molecule has 0 saturated heterocycles. The molecule has 0 radical (unpaired) electrons. The van der Waals surface area contributed by atoms with Crippen molar-refractivity contribution in [1.29, 1.82) is 0 Å². The predicted octanol–water partition coefficient (Wildman–Crippen LogP) is 1.55. The third-order valence-corrected chi connectivity index (χ3v) is 4.66. The highest BCUT2D eigenvalue weighted by Crippen LogP contribution is 2.38. The first-order valence-electron chi connectivity index (χ1n) is 9.13. The zero-order chi connectivity index (χ0) is 20.3. The van der Waals surface area contributed by atoms with Crippen molar-refractivity contribution in [1.82, 2.24) is 5.32 Å². The molecule has 8 nitrogen and oxygen atoms in total. The number of benzene rings is 2. The fourth-order valence-electron chi connectivity index (χ4n) is 3.26. The number of methoxy groups -OCH3 is 1. The number of aliphatic hydroxyl groups is 1. The molecule has 1 heterocycles. The average molecular weight is 404 g/mol. The van der Waals surface area contributed by atoms with Crippen LogP contribution in [0.15, 0.2) is 36.4 Å². The summed E-state index contributed by atoms with van der Waals surface area (Å²) in [5.41, 5.74) is 1.67. The van der Waals surface area contributed by atoms with Crippen molar-refractivity contribution in [3.8, 4) is 17.2 Å². The molecule has 8 heteroatoms. The molecular weight excluding hydrogens is 376 g/mol. The van der Waals surface area contributed by atoms with Crippen LogP contribution in [0.4, 0.5) is 5.69 Å². The quantitative estimate of drug-likeness (QED) is 0.554. The Labute approximate surface area is 169 Å². The molecule has 1 amide bonds. The largest absolute Gasteiger partial charge is 0.508 e. The van der Waals surface area contributed by atoms with Crippen LogP contribution in [-0.4, -0.2) is 47.4 Å². The second-order valence-corrected chi connectivity index (χ2v) is 7.55. The predicted molar refractivity (Wildman–Crippen MR) is 110 cm³/mol. The molecule has 2 aromatic rings. The SMILES string of the molecule is COc1ccc(CC(C)(C)NC[C@H](O)c2cc(O)cc3c2OCC(=O)N3)cc1.O. The topological polar surface area (TPSA) is 132 Å². The molecular formula is C21H28N2O6. The number of carbonyl (C=O) groups excluding carboxylic acids is 1. The fourth-order valence-corrected chi connectivity index (χ4v) is 3.26. The van der Waals surface area contributed by atoms with Gasteiger partial charge in [0, 0.05) is 23.7 Å². The summed E-state index contributed by atoms with van der Waals surface area (Å²) in [6.45, 7) is 4.25. The van der Waals surface area contributed by atoms with Crippen molar-refractivity contribution in [2.45, 2.75) is 31.9 Å². The van der Waals surface area contributed by atoms with Crippen molar-refractivity contribution in [3.05, 3.63) is 47.5 Å². The van der Waals surface area contributed by atoms with E-state index in [0.29, 0.717) is 17.0 Å². The Bertz CT molecular complexity index is 851. The maximum absolute atomic E-state index is 11.5. The number of hydrogen-bond donors (Lipinski definition) is 4. The number of anilines is 1. The monoisotopic (exact) mass is 404 g/mol. The molecule has 158 valence electrons. The lowest BCUT2D eigenvalue weighted by atomic mass is 9.94. The Kier molecular flexibility index (Phi) is 7.07. The second-order valence-electron chi connectivity index (χ2n) is 7.55. The summed E-state index contributed by atoms with van der Waals surface area (Å²) in [5, 5.41) is 26.6. The molecule has 0 aliphatic carbocycles. The van der Waals surface area contributed by atoms with Gasteiger partial charge in [0.25, 0.3) is 5.91 Å². The molecule has 0 saturated carbocycles. The van der Waals surface area contributed by atoms with Gasteiger partial charge in [0.2, 0.25) is 0 Å². The number of amides is 1. The third-order valence-electron chi connectivity index (χ3n) is 4.66. The Morgan fingerprint density at radius 2 is 1.97 bits per heavy atom. The number of ether oxygens (including phenoxy) is 2. The Balaban J connectivity index is 0.00000300. The minimum absolute atomic E-state index is 0. The average Bonchev–Trinajstić information content (AvgIpc) is 2.65. The van der Waals surface area contributed by atoms with Crippen molar-refractivity contribution in [3.63, 3.8) is 0 Å². The normalized spacial score (nSPS) is 14.1. The summed E-state index contributed by atoms with van der Waals surface area (Å²) in [4.78, 5) is 11.5. The summed E-state index contributed by atoms with van der Waals surface area (Å²) in [7, 11) is 1.64. The summed E-state index contributed by atoms with van der Waals surface area (Å²) in [6, 6.07) is 10.7. The first kappa shape index (κ1) is 22.5. The summed E-state index contributed by atoms with van der Waals surface area (Å²) in [5.74, 6) is 0.860. The maximum atomic E-state index is 11.5. The van der Waals surface area contributed by atoms with Gasteiger partial charge in [-0.2, -0.15) is 0 Å². The van der Waals surface area contributed by atoms with Gasteiger partial charge in [-0.25, -0.2) is 0 Å². The van der Waals surface area contributed by atoms with Gasteiger partial charge >= 0.3 is 0 Å². The molecule has 1 atom stereocenters. The molecule has 2 aromatic carbocycles. The highest BCUT2D eigenvalue weighted by Gasteiger charge is 2.26. The Morgan fingerprint density at radius 1 is 1.28 bits per heavy atom. The lowest BCUT2D eigenvalue weighted by Crippen LogP contribution is -2.43. The van der Waals surface area contributed by atoms with Gasteiger partial charge in [-0.3, -0.25) is 4.79 Å². The summed E-state index contributed by atoms with van der Waals surface area (Å²) < 4.78 is 10.7. The van der Waals surface area contributed by atoms with Crippen LogP contribution in [0.3, 0.4) is 0 Å². The molecule has 0 bridgehead atoms. The molecule has 0 spiro atoms. The first-order chi connectivity index (χ1) is 13.3. The highest BCUT2D eigenvalue weighted by molar-refractivity contribution is 5.96. The van der Waals surface area contributed by atoms with Crippen molar-refractivity contribution < 1.29 is 30.0 Å². The number of hydrogen-bond acceptors (Lipinski definition) is 6. The minimum atomic E-state index is -0.911. The van der Waals surface area contributed by atoms with E-state index in [1.165, 1.54) is 12.1 Å². The van der Waals surface area contributed by atoms with E-state index in [0.717, 1.165) is 17.7 Å². The standard InChI is InChI=1S/C21H26N2O5.H2O/c1-21(2,10-13-4-6-15(27-3)7-5-13)22-11-18(25)16-8-14(24)9-17-20(16)28-12-19(26)23-17;/h4-9,18,22,24-25H,10-12H2,1-3H3,(H,23,26);1H2/t18-;/m0./s1. The van der Waals surface area contributed by atoms with Crippen LogP contribution in [0.1, 0.15) is 31.1 Å². The van der Waals surface area contributed by atoms with E-state index in [-0.39, 0.29) is 35.8 Å². The van der Waals surface area contributed by atoms with Crippen LogP contribution in [0.5, 0.6) is 17.2 Å². The molecule has 6 N–H and O–H groups in total. The van der Waals surface area contributed by atoms with Crippen molar-refractivity contribution >= 4 is 11.6 Å². The van der Waals surface area contributed by atoms with Crippen molar-refractivity contribution in [2.75, 3.05) is 25.6 Å². The van der Waals surface area contributed by atoms with Crippen LogP contribution in [0.2, 0.25) is 0 Å². The van der Waals surface area contributed by atoms with E-state index in [9.17, 15) is 15.0 Å². The van der Waals surface area contributed by atoms with Crippen LogP contribution >= 0.6 is 0 Å².